The molecule has 5 heteroatoms. The molecule has 12 heavy (non-hydrogen) atoms. The van der Waals surface area contributed by atoms with Gasteiger partial charge in [0.1, 0.15) is 0 Å². The van der Waals surface area contributed by atoms with Crippen molar-refractivity contribution in [3.8, 4) is 0 Å². The van der Waals surface area contributed by atoms with E-state index in [0.717, 1.165) is 6.08 Å². The van der Waals surface area contributed by atoms with E-state index in [1.165, 1.54) is 0 Å². The number of carbonyl (C=O) groups is 2. The molecule has 0 rings (SSSR count). The van der Waals surface area contributed by atoms with E-state index >= 15 is 0 Å². The van der Waals surface area contributed by atoms with Crippen LogP contribution in [-0.4, -0.2) is 25.2 Å². The van der Waals surface area contributed by atoms with Crippen LogP contribution in [0.4, 0.5) is 4.79 Å². The Morgan fingerprint density at radius 3 is 2.67 bits per heavy atom. The van der Waals surface area contributed by atoms with Crippen molar-refractivity contribution in [3.63, 3.8) is 0 Å². The van der Waals surface area contributed by atoms with Crippen LogP contribution in [0.2, 0.25) is 0 Å². The number of carbonyl (C=O) groups excluding carboxylic acids is 2. The average molecular weight is 172 g/mol. The van der Waals surface area contributed by atoms with Crippen molar-refractivity contribution in [1.29, 1.82) is 0 Å². The maximum Gasteiger partial charge on any atom is 0.450 e. The third-order valence-electron chi connectivity index (χ3n) is 1.00. The highest BCUT2D eigenvalue weighted by molar-refractivity contribution is 5.81. The Kier molecular flexibility index (Phi) is 5.42. The molecule has 1 N–H and O–H groups in total. The van der Waals surface area contributed by atoms with Gasteiger partial charge in [-0.25, -0.2) is 14.7 Å². The highest BCUT2D eigenvalue weighted by Gasteiger charge is 1.97. The van der Waals surface area contributed by atoms with Crippen molar-refractivity contribution in [2.24, 2.45) is 0 Å². The van der Waals surface area contributed by atoms with Gasteiger partial charge in [-0.05, 0) is 6.42 Å². The molecule has 5 nitrogen and oxygen atoms in total. The van der Waals surface area contributed by atoms with Crippen LogP contribution >= 0.6 is 0 Å². The summed E-state index contributed by atoms with van der Waals surface area (Å²) in [6.45, 7) is 3.58. The van der Waals surface area contributed by atoms with Gasteiger partial charge in [-0.2, -0.15) is 0 Å². The third kappa shape index (κ3) is 6.60. The van der Waals surface area contributed by atoms with Crippen LogP contribution in [0.1, 0.15) is 6.42 Å². The molecule has 67 valence electrons. The van der Waals surface area contributed by atoms with E-state index in [-0.39, 0.29) is 13.2 Å². The lowest BCUT2D eigenvalue weighted by Gasteiger charge is -2.00. The Hall–Kier alpha value is -1.52. The molecule has 0 aliphatic rings. The summed E-state index contributed by atoms with van der Waals surface area (Å²) in [5.74, 6) is -0.511. The molecular weight excluding hydrogens is 162 g/mol. The molecule has 0 fully saturated rings. The molecule has 0 aliphatic heterocycles. The molecular formula is C7H10NO4. The Labute approximate surface area is 70.0 Å². The topological polar surface area (TPSA) is 75.3 Å². The van der Waals surface area contributed by atoms with Crippen LogP contribution < -0.4 is 5.32 Å². The van der Waals surface area contributed by atoms with Crippen molar-refractivity contribution in [2.75, 3.05) is 13.2 Å². The summed E-state index contributed by atoms with van der Waals surface area (Å²) < 4.78 is 4.56. The summed E-state index contributed by atoms with van der Waals surface area (Å²) in [4.78, 5) is 20.2. The maximum atomic E-state index is 10.4. The summed E-state index contributed by atoms with van der Waals surface area (Å²) in [6, 6.07) is 0. The van der Waals surface area contributed by atoms with Gasteiger partial charge in [0, 0.05) is 12.6 Å². The first-order valence-electron chi connectivity index (χ1n) is 3.41. The van der Waals surface area contributed by atoms with Gasteiger partial charge in [0.05, 0.1) is 6.61 Å². The summed E-state index contributed by atoms with van der Waals surface area (Å²) in [6.07, 6.45) is 0.143. The first kappa shape index (κ1) is 10.5. The lowest BCUT2D eigenvalue weighted by Crippen LogP contribution is -2.22. The molecule has 0 bridgehead atoms. The number of hydrogen-bond acceptors (Lipinski definition) is 3. The van der Waals surface area contributed by atoms with Gasteiger partial charge < -0.3 is 10.1 Å². The highest BCUT2D eigenvalue weighted by atomic mass is 16.5. The van der Waals surface area contributed by atoms with E-state index in [9.17, 15) is 14.7 Å². The predicted octanol–water partition coefficient (Wildman–Crippen LogP) is 0.246. The van der Waals surface area contributed by atoms with E-state index in [0.29, 0.717) is 6.42 Å². The fourth-order valence-electron chi connectivity index (χ4n) is 0.494. The van der Waals surface area contributed by atoms with Crippen molar-refractivity contribution in [1.82, 2.24) is 5.32 Å². The lowest BCUT2D eigenvalue weighted by atomic mass is 10.4. The number of rotatable bonds is 5. The standard InChI is InChI=1S/C7H10NO4/c1-2-6(9)12-5-3-4-8-7(10)11/h2,8H,1,3-5H2. The van der Waals surface area contributed by atoms with Gasteiger partial charge >= 0.3 is 12.1 Å². The number of ether oxygens (including phenoxy) is 1. The maximum absolute atomic E-state index is 10.4. The summed E-state index contributed by atoms with van der Waals surface area (Å²) in [5.41, 5.74) is 0. The van der Waals surface area contributed by atoms with Crippen molar-refractivity contribution in [2.45, 2.75) is 6.42 Å². The fraction of sp³-hybridized carbons (Fsp3) is 0.429. The van der Waals surface area contributed by atoms with Crippen molar-refractivity contribution >= 4 is 12.1 Å². The normalized spacial score (nSPS) is 8.67. The van der Waals surface area contributed by atoms with E-state index in [4.69, 9.17) is 0 Å². The average Bonchev–Trinajstić information content (AvgIpc) is 2.03. The van der Waals surface area contributed by atoms with Crippen LogP contribution in [0, 0.1) is 0 Å². The molecule has 0 saturated carbocycles. The number of amides is 1. The summed E-state index contributed by atoms with van der Waals surface area (Å²) >= 11 is 0. The van der Waals surface area contributed by atoms with Gasteiger partial charge in [-0.1, -0.05) is 6.58 Å². The van der Waals surface area contributed by atoms with Crippen molar-refractivity contribution < 1.29 is 19.4 Å². The van der Waals surface area contributed by atoms with Gasteiger partial charge in [-0.15, -0.1) is 0 Å². The van der Waals surface area contributed by atoms with E-state index in [1.54, 1.807) is 0 Å². The van der Waals surface area contributed by atoms with Gasteiger partial charge in [0.2, 0.25) is 0 Å². The second-order valence-electron chi connectivity index (χ2n) is 1.94. The molecule has 1 radical (unpaired) electrons. The molecule has 1 amide bonds. The van der Waals surface area contributed by atoms with Crippen LogP contribution in [-0.2, 0) is 14.6 Å². The van der Waals surface area contributed by atoms with E-state index in [2.05, 4.69) is 11.3 Å². The third-order valence-corrected chi connectivity index (χ3v) is 1.00. The van der Waals surface area contributed by atoms with Gasteiger partial charge in [-0.3, -0.25) is 0 Å². The second-order valence-corrected chi connectivity index (χ2v) is 1.94. The SMILES string of the molecule is C=CC(=O)OCCCNC([O])=O. The Morgan fingerprint density at radius 1 is 1.50 bits per heavy atom. The van der Waals surface area contributed by atoms with Crippen LogP contribution in [0.5, 0.6) is 0 Å². The second kappa shape index (κ2) is 6.21. The van der Waals surface area contributed by atoms with Crippen molar-refractivity contribution in [3.05, 3.63) is 12.7 Å². The number of esters is 1. The first-order valence-corrected chi connectivity index (χ1v) is 3.41. The molecule has 0 aliphatic carbocycles. The first-order chi connectivity index (χ1) is 5.66. The zero-order valence-electron chi connectivity index (χ0n) is 6.54. The van der Waals surface area contributed by atoms with Crippen LogP contribution in [0.3, 0.4) is 0 Å². The number of hydrogen-bond donors (Lipinski definition) is 1. The quantitative estimate of drug-likeness (QED) is 0.367. The van der Waals surface area contributed by atoms with Gasteiger partial charge in [0.25, 0.3) is 0 Å². The lowest BCUT2D eigenvalue weighted by molar-refractivity contribution is -0.137. The molecule has 0 aromatic rings. The molecule has 0 saturated heterocycles. The summed E-state index contributed by atoms with van der Waals surface area (Å²) in [5, 5.41) is 11.8. The fourth-order valence-corrected chi connectivity index (χ4v) is 0.494. The number of nitrogens with one attached hydrogen (secondary N) is 1. The van der Waals surface area contributed by atoms with E-state index < -0.39 is 12.1 Å². The molecule has 0 atom stereocenters. The minimum Gasteiger partial charge on any atom is -0.462 e. The van der Waals surface area contributed by atoms with Crippen LogP contribution in [0.25, 0.3) is 0 Å². The zero-order valence-corrected chi connectivity index (χ0v) is 6.54. The molecule has 0 aromatic heterocycles. The monoisotopic (exact) mass is 172 g/mol. The van der Waals surface area contributed by atoms with Gasteiger partial charge in [0.15, 0.2) is 0 Å². The van der Waals surface area contributed by atoms with Crippen LogP contribution in [0.15, 0.2) is 12.7 Å². The Morgan fingerprint density at radius 2 is 2.17 bits per heavy atom. The van der Waals surface area contributed by atoms with E-state index in [1.807, 2.05) is 5.32 Å². The highest BCUT2D eigenvalue weighted by Crippen LogP contribution is 1.83. The summed E-state index contributed by atoms with van der Waals surface area (Å²) in [7, 11) is 0. The Balaban J connectivity index is 3.16. The largest absolute Gasteiger partial charge is 0.462 e. The minimum absolute atomic E-state index is 0.172. The smallest absolute Gasteiger partial charge is 0.450 e. The zero-order chi connectivity index (χ0) is 9.40. The molecule has 0 heterocycles. The molecule has 0 aromatic carbocycles. The minimum atomic E-state index is -1.33. The molecule has 0 unspecified atom stereocenters. The Bertz CT molecular complexity index is 178. The molecule has 0 spiro atoms. The predicted molar refractivity (Wildman–Crippen MR) is 39.9 cm³/mol.